The lowest BCUT2D eigenvalue weighted by Gasteiger charge is -2.34. The third-order valence-electron chi connectivity index (χ3n) is 9.59. The van der Waals surface area contributed by atoms with Crippen molar-refractivity contribution < 1.29 is 34.3 Å². The molecule has 268 valence electrons. The van der Waals surface area contributed by atoms with Gasteiger partial charge in [-0.1, -0.05) is 188 Å². The van der Waals surface area contributed by atoms with Gasteiger partial charge < -0.3 is 0 Å². The third kappa shape index (κ3) is 5.19. The average molecular weight is 771 g/mol. The summed E-state index contributed by atoms with van der Waals surface area (Å²) in [6.45, 7) is 0. The molecule has 3 aromatic heterocycles. The maximum absolute atomic E-state index is 10.5. The molecule has 0 radical (unpaired) electrons. The van der Waals surface area contributed by atoms with Gasteiger partial charge in [0.25, 0.3) is 0 Å². The normalized spacial score (nSPS) is 18.0. The van der Waals surface area contributed by atoms with Crippen molar-refractivity contribution in [3.05, 3.63) is 212 Å². The number of rotatable bonds is 7. The van der Waals surface area contributed by atoms with Gasteiger partial charge in [0.05, 0.1) is 56.3 Å². The predicted octanol–water partition coefficient (Wildman–Crippen LogP) is 9.11. The monoisotopic (exact) mass is 770 g/mol. The Kier molecular flexibility index (Phi) is 3.85. The van der Waals surface area contributed by atoms with Crippen LogP contribution >= 0.6 is 0 Å². The topological polar surface area (TPSA) is 48.5 Å². The van der Waals surface area contributed by atoms with E-state index in [1.165, 1.54) is 0 Å². The fourth-order valence-corrected chi connectivity index (χ4v) is 11.4. The molecule has 11 aromatic rings. The zero-order valence-corrected chi connectivity index (χ0v) is 30.0. The highest BCUT2D eigenvalue weighted by atomic mass is 28.3. The minimum atomic E-state index is -4.86. The van der Waals surface area contributed by atoms with Gasteiger partial charge in [0.1, 0.15) is 0 Å². The first kappa shape index (κ1) is 16.4. The highest BCUT2D eigenvalue weighted by Gasteiger charge is 2.41. The summed E-state index contributed by atoms with van der Waals surface area (Å²) in [6.07, 6.45) is 0. The highest BCUT2D eigenvalue weighted by molar-refractivity contribution is 7.19. The highest BCUT2D eigenvalue weighted by Crippen LogP contribution is 2.34. The molecule has 0 amide bonds. The number of aromatic nitrogens is 5. The van der Waals surface area contributed by atoms with Gasteiger partial charge >= 0.3 is 0 Å². The van der Waals surface area contributed by atoms with Crippen LogP contribution in [-0.2, 0) is 0 Å². The van der Waals surface area contributed by atoms with Crippen LogP contribution in [0.3, 0.4) is 0 Å². The van der Waals surface area contributed by atoms with Crippen molar-refractivity contribution in [1.29, 1.82) is 0 Å². The molecule has 0 aliphatic rings. The van der Waals surface area contributed by atoms with Crippen LogP contribution in [0, 0.1) is 0 Å². The van der Waals surface area contributed by atoms with Gasteiger partial charge in [0, 0.05) is 27.1 Å². The van der Waals surface area contributed by atoms with Gasteiger partial charge in [-0.2, -0.15) is 15.0 Å². The molecule has 0 aliphatic heterocycles. The maximum atomic E-state index is 10.5. The Bertz CT molecular complexity index is 4300. The smallest absolute Gasteiger partial charge is 0.240 e. The van der Waals surface area contributed by atoms with Crippen molar-refractivity contribution in [3.8, 4) is 23.3 Å². The first-order valence-corrected chi connectivity index (χ1v) is 19.3. The first-order chi connectivity index (χ1) is 38.7. The van der Waals surface area contributed by atoms with E-state index >= 15 is 0 Å². The second kappa shape index (κ2) is 13.4. The Hall–Kier alpha value is -7.41. The Morgan fingerprint density at radius 3 is 1.23 bits per heavy atom. The number of para-hydroxylation sites is 4. The summed E-state index contributed by atoms with van der Waals surface area (Å²) in [4.78, 5) is 14.1. The van der Waals surface area contributed by atoms with Gasteiger partial charge in [0.2, 0.25) is 11.9 Å². The van der Waals surface area contributed by atoms with Gasteiger partial charge in [-0.3, -0.25) is 9.13 Å². The Morgan fingerprint density at radius 2 is 0.772 bits per heavy atom. The second-order valence-corrected chi connectivity index (χ2v) is 16.2. The maximum Gasteiger partial charge on any atom is 0.240 e. The fraction of sp³-hybridized carbons (Fsp3) is 0. The minimum absolute atomic E-state index is 0.226. The van der Waals surface area contributed by atoms with E-state index < -0.39 is 231 Å². The SMILES string of the molecule is [2H]c1c([2H])c([2H])c([Si](c2ccccc2)(c2ccccc2)c2c([2H])c([2H])c([2H])c(-c3nc(-n4c5c([2H])c([2H])c([2H])c([2H])c5c5c([2H])c([2H])c([2H])c([2H])c54)nc(-n4c5c([2H])c([2H])c([2H])c([2H])c5c5c([2H])c([2H])c([2H])c([2H])c54)n3)c2[2H])c([2H])c1[2H]. The molecule has 8 aromatic carbocycles. The number of nitrogens with zero attached hydrogens (tertiary/aromatic N) is 5. The van der Waals surface area contributed by atoms with Crippen LogP contribution in [0.15, 0.2) is 212 Å². The van der Waals surface area contributed by atoms with Gasteiger partial charge in [-0.25, -0.2) is 0 Å². The number of hydrogen-bond acceptors (Lipinski definition) is 3. The molecule has 57 heavy (non-hydrogen) atoms. The van der Waals surface area contributed by atoms with Crippen molar-refractivity contribution in [2.45, 2.75) is 0 Å². The molecule has 6 heteroatoms. The van der Waals surface area contributed by atoms with Crippen molar-refractivity contribution in [3.63, 3.8) is 0 Å². The van der Waals surface area contributed by atoms with Crippen molar-refractivity contribution >= 4 is 72.4 Å². The molecule has 0 bridgehead atoms. The van der Waals surface area contributed by atoms with E-state index in [1.54, 1.807) is 60.7 Å². The molecule has 0 saturated heterocycles. The molecule has 5 nitrogen and oxygen atoms in total. The third-order valence-corrected chi connectivity index (χ3v) is 14.0. The molecular formula is C51H35N5Si. The Labute approximate surface area is 366 Å². The van der Waals surface area contributed by atoms with E-state index in [0.29, 0.717) is 0 Å². The van der Waals surface area contributed by atoms with Crippen LogP contribution in [0.25, 0.3) is 66.9 Å². The van der Waals surface area contributed by atoms with E-state index in [2.05, 4.69) is 4.98 Å². The quantitative estimate of drug-likeness (QED) is 0.120. The van der Waals surface area contributed by atoms with Crippen molar-refractivity contribution in [2.75, 3.05) is 0 Å². The van der Waals surface area contributed by atoms with Crippen molar-refractivity contribution in [2.24, 2.45) is 0 Å². The lowest BCUT2D eigenvalue weighted by atomic mass is 10.2. The molecule has 0 fully saturated rings. The zero-order valence-electron chi connectivity index (χ0n) is 54.0. The summed E-state index contributed by atoms with van der Waals surface area (Å²) in [5, 5.41) is -2.21. The van der Waals surface area contributed by atoms with E-state index in [0.717, 1.165) is 9.13 Å². The van der Waals surface area contributed by atoms with Crippen LogP contribution in [0.2, 0.25) is 0 Å². The molecular weight excluding hydrogens is 711 g/mol. The van der Waals surface area contributed by atoms with Crippen LogP contribution < -0.4 is 20.7 Å². The lowest BCUT2D eigenvalue weighted by Crippen LogP contribution is -2.74. The second-order valence-electron chi connectivity index (χ2n) is 12.6. The molecule has 0 unspecified atom stereocenters. The van der Waals surface area contributed by atoms with Crippen LogP contribution in [0.5, 0.6) is 0 Å². The van der Waals surface area contributed by atoms with E-state index in [4.69, 9.17) is 30.5 Å². The van der Waals surface area contributed by atoms with Crippen LogP contribution in [0.4, 0.5) is 0 Å². The van der Waals surface area contributed by atoms with E-state index in [-0.39, 0.29) is 15.6 Å². The lowest BCUT2D eigenvalue weighted by molar-refractivity contribution is 0.893. The summed E-state index contributed by atoms with van der Waals surface area (Å²) in [7, 11) is -4.86. The molecule has 0 aliphatic carbocycles. The molecule has 0 atom stereocenters. The first-order valence-electron chi connectivity index (χ1n) is 29.8. The van der Waals surface area contributed by atoms with Crippen molar-refractivity contribution in [1.82, 2.24) is 24.1 Å². The number of fused-ring (bicyclic) bond motifs is 6. The number of hydrogen-bond donors (Lipinski definition) is 0. The average Bonchev–Trinajstić information content (AvgIpc) is 1.41. The molecule has 3 heterocycles. The van der Waals surface area contributed by atoms with Crippen LogP contribution in [-0.4, -0.2) is 32.2 Å². The van der Waals surface area contributed by atoms with Gasteiger partial charge in [0.15, 0.2) is 13.9 Å². The zero-order chi connectivity index (χ0) is 59.5. The Morgan fingerprint density at radius 1 is 0.368 bits per heavy atom. The standard InChI is InChI=1S/C51H35N5Si/c1-4-20-37(21-5-1)57(38-22-6-2-7-23-38,39-24-8-3-9-25-39)40-26-18-19-36(35-40)49-52-50(55-45-31-14-10-27-41(45)42-28-11-15-32-46(42)55)54-51(53-49)56-47-33-16-12-29-43(47)44-30-13-17-34-48(44)56/h1-35H/i1D,4D,5D,10D,11D,12D,13D,14D,15D,16D,17D,18D,19D,20D,21D,26D,27D,28D,29D,30D,31D,32D,33D,34D,35D. The molecule has 11 rings (SSSR count). The summed E-state index contributed by atoms with van der Waals surface area (Å²) in [6, 6.07) is -4.69. The Balaban J connectivity index is 1.43. The summed E-state index contributed by atoms with van der Waals surface area (Å²) in [5.74, 6) is -2.56. The van der Waals surface area contributed by atoms with Gasteiger partial charge in [-0.05, 0) is 44.9 Å². The predicted molar refractivity (Wildman–Crippen MR) is 238 cm³/mol. The molecule has 0 saturated carbocycles. The van der Waals surface area contributed by atoms with E-state index in [9.17, 15) is 13.7 Å². The minimum Gasteiger partial charge on any atom is -0.278 e. The summed E-state index contributed by atoms with van der Waals surface area (Å²) >= 11 is 0. The van der Waals surface area contributed by atoms with Crippen LogP contribution in [0.1, 0.15) is 34.3 Å². The summed E-state index contributed by atoms with van der Waals surface area (Å²) < 4.78 is 230. The molecule has 0 N–H and O–H groups in total. The molecule has 0 spiro atoms. The summed E-state index contributed by atoms with van der Waals surface area (Å²) in [5.41, 5.74) is -3.02. The van der Waals surface area contributed by atoms with Gasteiger partial charge in [-0.15, -0.1) is 0 Å². The largest absolute Gasteiger partial charge is 0.278 e. The van der Waals surface area contributed by atoms with E-state index in [1.807, 2.05) is 0 Å². The fourth-order valence-electron chi connectivity index (χ4n) is 7.23. The number of benzene rings is 8.